The van der Waals surface area contributed by atoms with Crippen LogP contribution in [0, 0.1) is 0 Å². The number of fused-ring (bicyclic) bond motifs is 1. The largest absolute Gasteiger partial charge is 0.495 e. The summed E-state index contributed by atoms with van der Waals surface area (Å²) in [7, 11) is -2.39. The Kier molecular flexibility index (Phi) is 6.44. The second kappa shape index (κ2) is 9.41. The Morgan fingerprint density at radius 3 is 2.42 bits per heavy atom. The SMILES string of the molecule is COc1ccccc1S(=O)(=O)NC(Cc1ccccc1)c1ccc2c(c1)OCCCO2. The van der Waals surface area contributed by atoms with Crippen molar-refractivity contribution in [1.82, 2.24) is 4.72 Å². The van der Waals surface area contributed by atoms with Crippen LogP contribution in [0.25, 0.3) is 0 Å². The fourth-order valence-electron chi connectivity index (χ4n) is 3.57. The Morgan fingerprint density at radius 1 is 0.935 bits per heavy atom. The third kappa shape index (κ3) is 5.00. The van der Waals surface area contributed by atoms with Gasteiger partial charge < -0.3 is 14.2 Å². The van der Waals surface area contributed by atoms with Crippen molar-refractivity contribution in [3.8, 4) is 17.2 Å². The fraction of sp³-hybridized carbons (Fsp3) is 0.250. The quantitative estimate of drug-likeness (QED) is 0.600. The molecule has 0 spiro atoms. The van der Waals surface area contributed by atoms with Gasteiger partial charge in [-0.15, -0.1) is 0 Å². The van der Waals surface area contributed by atoms with Crippen LogP contribution in [0.2, 0.25) is 0 Å². The van der Waals surface area contributed by atoms with Crippen LogP contribution < -0.4 is 18.9 Å². The van der Waals surface area contributed by atoms with Crippen molar-refractivity contribution in [3.63, 3.8) is 0 Å². The Bertz CT molecular complexity index is 1130. The summed E-state index contributed by atoms with van der Waals surface area (Å²) in [4.78, 5) is 0.102. The summed E-state index contributed by atoms with van der Waals surface area (Å²) in [6, 6.07) is 21.4. The van der Waals surface area contributed by atoms with Crippen LogP contribution in [-0.4, -0.2) is 28.7 Å². The van der Waals surface area contributed by atoms with Crippen LogP contribution in [0.1, 0.15) is 23.6 Å². The van der Waals surface area contributed by atoms with Crippen LogP contribution in [-0.2, 0) is 16.4 Å². The van der Waals surface area contributed by atoms with E-state index in [0.717, 1.165) is 17.5 Å². The number of para-hydroxylation sites is 1. The van der Waals surface area contributed by atoms with E-state index in [1.54, 1.807) is 18.2 Å². The first kappa shape index (κ1) is 21.2. The Labute approximate surface area is 182 Å². The fourth-order valence-corrected chi connectivity index (χ4v) is 4.96. The maximum Gasteiger partial charge on any atom is 0.244 e. The minimum atomic E-state index is -3.85. The van der Waals surface area contributed by atoms with Gasteiger partial charge in [0.05, 0.1) is 26.4 Å². The zero-order chi connectivity index (χ0) is 21.7. The minimum Gasteiger partial charge on any atom is -0.495 e. The van der Waals surface area contributed by atoms with E-state index in [1.165, 1.54) is 13.2 Å². The molecule has 0 aliphatic carbocycles. The molecule has 31 heavy (non-hydrogen) atoms. The molecule has 7 heteroatoms. The molecule has 1 N–H and O–H groups in total. The first-order chi connectivity index (χ1) is 15.1. The number of hydrogen-bond acceptors (Lipinski definition) is 5. The highest BCUT2D eigenvalue weighted by Crippen LogP contribution is 2.34. The van der Waals surface area contributed by atoms with E-state index in [4.69, 9.17) is 14.2 Å². The summed E-state index contributed by atoms with van der Waals surface area (Å²) in [6.45, 7) is 1.16. The monoisotopic (exact) mass is 439 g/mol. The number of sulfonamides is 1. The Balaban J connectivity index is 1.70. The minimum absolute atomic E-state index is 0.102. The van der Waals surface area contributed by atoms with Crippen LogP contribution >= 0.6 is 0 Å². The van der Waals surface area contributed by atoms with Gasteiger partial charge in [0.2, 0.25) is 10.0 Å². The lowest BCUT2D eigenvalue weighted by Gasteiger charge is -2.21. The van der Waals surface area contributed by atoms with Gasteiger partial charge in [-0.3, -0.25) is 0 Å². The third-order valence-electron chi connectivity index (χ3n) is 5.11. The lowest BCUT2D eigenvalue weighted by atomic mass is 9.99. The predicted molar refractivity (Wildman–Crippen MR) is 118 cm³/mol. The van der Waals surface area contributed by atoms with Crippen LogP contribution in [0.5, 0.6) is 17.2 Å². The average molecular weight is 440 g/mol. The number of benzene rings is 3. The molecule has 0 saturated heterocycles. The van der Waals surface area contributed by atoms with Gasteiger partial charge in [0.25, 0.3) is 0 Å². The van der Waals surface area contributed by atoms with Crippen molar-refractivity contribution >= 4 is 10.0 Å². The second-order valence-electron chi connectivity index (χ2n) is 7.27. The van der Waals surface area contributed by atoms with E-state index in [-0.39, 0.29) is 4.90 Å². The first-order valence-electron chi connectivity index (χ1n) is 10.2. The molecule has 0 aromatic heterocycles. The van der Waals surface area contributed by atoms with E-state index in [9.17, 15) is 8.42 Å². The zero-order valence-corrected chi connectivity index (χ0v) is 18.1. The molecule has 162 valence electrons. The van der Waals surface area contributed by atoms with Crippen molar-refractivity contribution in [1.29, 1.82) is 0 Å². The Morgan fingerprint density at radius 2 is 1.65 bits per heavy atom. The van der Waals surface area contributed by atoms with Crippen LogP contribution in [0.3, 0.4) is 0 Å². The van der Waals surface area contributed by atoms with E-state index in [1.807, 2.05) is 48.5 Å². The first-order valence-corrected chi connectivity index (χ1v) is 11.6. The summed E-state index contributed by atoms with van der Waals surface area (Å²) in [5.74, 6) is 1.60. The molecule has 6 nitrogen and oxygen atoms in total. The standard InChI is InChI=1S/C24H25NO5S/c1-28-22-10-5-6-11-24(22)31(26,27)25-20(16-18-8-3-2-4-9-18)19-12-13-21-23(17-19)30-15-7-14-29-21/h2-6,8-13,17,20,25H,7,14-16H2,1H3. The molecule has 0 fully saturated rings. The van der Waals surface area contributed by atoms with Gasteiger partial charge in [-0.25, -0.2) is 13.1 Å². The van der Waals surface area contributed by atoms with Crippen molar-refractivity contribution in [2.75, 3.05) is 20.3 Å². The highest BCUT2D eigenvalue weighted by atomic mass is 32.2. The zero-order valence-electron chi connectivity index (χ0n) is 17.3. The molecule has 4 rings (SSSR count). The van der Waals surface area contributed by atoms with E-state index in [2.05, 4.69) is 4.72 Å². The molecule has 0 radical (unpaired) electrons. The van der Waals surface area contributed by atoms with Gasteiger partial charge in [0.15, 0.2) is 11.5 Å². The maximum atomic E-state index is 13.3. The number of rotatable bonds is 7. The molecule has 1 heterocycles. The summed E-state index contributed by atoms with van der Waals surface area (Å²) in [5.41, 5.74) is 1.81. The van der Waals surface area contributed by atoms with Gasteiger partial charge in [-0.1, -0.05) is 48.5 Å². The lowest BCUT2D eigenvalue weighted by molar-refractivity contribution is 0.297. The van der Waals surface area contributed by atoms with Crippen molar-refractivity contribution < 1.29 is 22.6 Å². The van der Waals surface area contributed by atoms with Gasteiger partial charge in [-0.2, -0.15) is 0 Å². The molecule has 0 bridgehead atoms. The average Bonchev–Trinajstić information content (AvgIpc) is 3.04. The third-order valence-corrected chi connectivity index (χ3v) is 6.62. The number of methoxy groups -OCH3 is 1. The molecule has 0 saturated carbocycles. The maximum absolute atomic E-state index is 13.3. The van der Waals surface area contributed by atoms with Gasteiger partial charge in [0, 0.05) is 6.42 Å². The molecular formula is C24H25NO5S. The highest BCUT2D eigenvalue weighted by Gasteiger charge is 2.26. The molecule has 1 unspecified atom stereocenters. The van der Waals surface area contributed by atoms with Gasteiger partial charge in [0.1, 0.15) is 10.6 Å². The molecule has 3 aromatic carbocycles. The van der Waals surface area contributed by atoms with E-state index in [0.29, 0.717) is 36.9 Å². The van der Waals surface area contributed by atoms with Crippen molar-refractivity contribution in [2.45, 2.75) is 23.8 Å². The smallest absolute Gasteiger partial charge is 0.244 e. The molecule has 3 aromatic rings. The number of hydrogen-bond donors (Lipinski definition) is 1. The van der Waals surface area contributed by atoms with E-state index >= 15 is 0 Å². The second-order valence-corrected chi connectivity index (χ2v) is 8.95. The summed E-state index contributed by atoms with van der Waals surface area (Å²) < 4.78 is 46.2. The van der Waals surface area contributed by atoms with Crippen molar-refractivity contribution in [3.05, 3.63) is 83.9 Å². The summed E-state index contributed by atoms with van der Waals surface area (Å²) in [6.07, 6.45) is 1.28. The van der Waals surface area contributed by atoms with E-state index < -0.39 is 16.1 Å². The van der Waals surface area contributed by atoms with Crippen molar-refractivity contribution in [2.24, 2.45) is 0 Å². The predicted octanol–water partition coefficient (Wildman–Crippen LogP) is 4.12. The van der Waals surface area contributed by atoms with Crippen LogP contribution in [0.4, 0.5) is 0 Å². The van der Waals surface area contributed by atoms with Gasteiger partial charge >= 0.3 is 0 Å². The number of nitrogens with one attached hydrogen (secondary N) is 1. The molecule has 1 aliphatic heterocycles. The molecular weight excluding hydrogens is 414 g/mol. The van der Waals surface area contributed by atoms with Gasteiger partial charge in [-0.05, 0) is 41.8 Å². The molecule has 1 atom stereocenters. The molecule has 0 amide bonds. The highest BCUT2D eigenvalue weighted by molar-refractivity contribution is 7.89. The lowest BCUT2D eigenvalue weighted by Crippen LogP contribution is -2.30. The summed E-state index contributed by atoms with van der Waals surface area (Å²) in [5, 5.41) is 0. The topological polar surface area (TPSA) is 73.9 Å². The van der Waals surface area contributed by atoms with Crippen LogP contribution in [0.15, 0.2) is 77.7 Å². The normalized spacial score (nSPS) is 14.5. The summed E-state index contributed by atoms with van der Waals surface area (Å²) >= 11 is 0. The Hall–Kier alpha value is -3.03. The number of ether oxygens (including phenoxy) is 3. The molecule has 1 aliphatic rings.